The first-order valence-corrected chi connectivity index (χ1v) is 12.9. The molecule has 2 bridgehead atoms. The second-order valence-corrected chi connectivity index (χ2v) is 11.1. The van der Waals surface area contributed by atoms with Crippen LogP contribution < -0.4 is 10.0 Å². The van der Waals surface area contributed by atoms with Gasteiger partial charge in [-0.2, -0.15) is 0 Å². The quantitative estimate of drug-likeness (QED) is 0.484. The van der Waals surface area contributed by atoms with Crippen molar-refractivity contribution in [3.8, 4) is 0 Å². The number of sulfonamides is 1. The van der Waals surface area contributed by atoms with E-state index >= 15 is 0 Å². The number of piperazine rings is 1. The molecule has 8 heteroatoms. The summed E-state index contributed by atoms with van der Waals surface area (Å²) in [5.41, 5.74) is 0. The average molecular weight is 412 g/mol. The zero-order valence-corrected chi connectivity index (χ0v) is 18.1. The van der Waals surface area contributed by atoms with Gasteiger partial charge >= 0.3 is 0 Å². The first-order chi connectivity index (χ1) is 13.5. The van der Waals surface area contributed by atoms with Crippen LogP contribution in [0.4, 0.5) is 0 Å². The third-order valence-corrected chi connectivity index (χ3v) is 8.81. The predicted octanol–water partition coefficient (Wildman–Crippen LogP) is 1.09. The van der Waals surface area contributed by atoms with E-state index < -0.39 is 10.0 Å². The number of nitrogens with one attached hydrogen (secondary N) is 2. The molecule has 28 heavy (non-hydrogen) atoms. The minimum Gasteiger partial charge on any atom is -0.355 e. The molecule has 1 heterocycles. The molecule has 7 nitrogen and oxygen atoms in total. The Labute approximate surface area is 170 Å². The van der Waals surface area contributed by atoms with Gasteiger partial charge in [0.25, 0.3) is 0 Å². The molecule has 0 spiro atoms. The number of hydrogen-bond acceptors (Lipinski definition) is 4. The van der Waals surface area contributed by atoms with Gasteiger partial charge in [-0.3, -0.25) is 9.89 Å². The minimum atomic E-state index is -3.21. The number of nitrogens with zero attached hydrogens (tertiary/aromatic N) is 3. The summed E-state index contributed by atoms with van der Waals surface area (Å²) in [5.74, 6) is 3.40. The van der Waals surface area contributed by atoms with Gasteiger partial charge in [0, 0.05) is 52.4 Å². The number of guanidine groups is 1. The lowest BCUT2D eigenvalue weighted by Crippen LogP contribution is -2.56. The number of hydrogen-bond donors (Lipinski definition) is 2. The zero-order valence-electron chi connectivity index (χ0n) is 17.3. The van der Waals surface area contributed by atoms with E-state index in [1.807, 2.05) is 0 Å². The lowest BCUT2D eigenvalue weighted by atomic mass is 9.86. The molecule has 0 aromatic rings. The van der Waals surface area contributed by atoms with Gasteiger partial charge in [-0.25, -0.2) is 13.1 Å². The third kappa shape index (κ3) is 4.82. The van der Waals surface area contributed by atoms with Crippen LogP contribution in [-0.2, 0) is 10.0 Å². The standard InChI is InChI=1S/C20H37N5O2S/c1-21-20(22-7-12-28(26,27)23-15-16-3-2-4-16)25-10-8-24(9-11-25)19-14-17-5-6-18(19)13-17/h16-19,23H,2-15H2,1H3,(H,21,22). The highest BCUT2D eigenvalue weighted by Gasteiger charge is 2.42. The molecular weight excluding hydrogens is 374 g/mol. The highest BCUT2D eigenvalue weighted by molar-refractivity contribution is 7.89. The summed E-state index contributed by atoms with van der Waals surface area (Å²) in [6.45, 7) is 5.13. The summed E-state index contributed by atoms with van der Waals surface area (Å²) in [6, 6.07) is 0.808. The molecule has 2 N–H and O–H groups in total. The average Bonchev–Trinajstić information content (AvgIpc) is 3.27. The Balaban J connectivity index is 1.17. The van der Waals surface area contributed by atoms with Crippen LogP contribution in [0.5, 0.6) is 0 Å². The molecule has 0 radical (unpaired) electrons. The van der Waals surface area contributed by atoms with Crippen molar-refractivity contribution in [1.29, 1.82) is 0 Å². The first kappa shape index (κ1) is 20.4. The van der Waals surface area contributed by atoms with E-state index in [1.54, 1.807) is 7.05 Å². The SMILES string of the molecule is CN=C(NCCS(=O)(=O)NCC1CCC1)N1CCN(C2CC3CCC2C3)CC1. The van der Waals surface area contributed by atoms with Crippen LogP contribution in [0.25, 0.3) is 0 Å². The Bertz CT molecular complexity index is 656. The summed E-state index contributed by atoms with van der Waals surface area (Å²) in [7, 11) is -1.42. The molecule has 3 aliphatic carbocycles. The van der Waals surface area contributed by atoms with Gasteiger partial charge in [-0.05, 0) is 49.9 Å². The van der Waals surface area contributed by atoms with E-state index in [2.05, 4.69) is 24.8 Å². The van der Waals surface area contributed by atoms with Crippen LogP contribution in [0.1, 0.15) is 44.9 Å². The molecule has 3 atom stereocenters. The molecular formula is C20H37N5O2S. The van der Waals surface area contributed by atoms with Crippen LogP contribution in [0, 0.1) is 17.8 Å². The summed E-state index contributed by atoms with van der Waals surface area (Å²) in [4.78, 5) is 9.36. The van der Waals surface area contributed by atoms with E-state index in [1.165, 1.54) is 32.1 Å². The fraction of sp³-hybridized carbons (Fsp3) is 0.950. The molecule has 160 valence electrons. The van der Waals surface area contributed by atoms with Gasteiger partial charge in [-0.15, -0.1) is 0 Å². The van der Waals surface area contributed by atoms with E-state index in [-0.39, 0.29) is 5.75 Å². The van der Waals surface area contributed by atoms with Crippen LogP contribution in [0.15, 0.2) is 4.99 Å². The van der Waals surface area contributed by atoms with Crippen LogP contribution in [0.3, 0.4) is 0 Å². The normalized spacial score (nSPS) is 32.0. The monoisotopic (exact) mass is 411 g/mol. The fourth-order valence-corrected chi connectivity index (χ4v) is 6.57. The van der Waals surface area contributed by atoms with E-state index in [0.717, 1.165) is 62.9 Å². The van der Waals surface area contributed by atoms with Gasteiger partial charge in [0.15, 0.2) is 5.96 Å². The number of aliphatic imine (C=N–C) groups is 1. The molecule has 3 saturated carbocycles. The van der Waals surface area contributed by atoms with Crippen LogP contribution >= 0.6 is 0 Å². The molecule has 0 amide bonds. The van der Waals surface area contributed by atoms with Gasteiger partial charge in [0.2, 0.25) is 10.0 Å². The van der Waals surface area contributed by atoms with Gasteiger partial charge in [-0.1, -0.05) is 12.8 Å². The maximum Gasteiger partial charge on any atom is 0.213 e. The van der Waals surface area contributed by atoms with E-state index in [9.17, 15) is 8.42 Å². The fourth-order valence-electron chi connectivity index (χ4n) is 5.57. The summed E-state index contributed by atoms with van der Waals surface area (Å²) >= 11 is 0. The Hall–Kier alpha value is -0.860. The second-order valence-electron chi connectivity index (χ2n) is 9.20. The topological polar surface area (TPSA) is 77.0 Å². The van der Waals surface area contributed by atoms with Crippen molar-refractivity contribution >= 4 is 16.0 Å². The van der Waals surface area contributed by atoms with Gasteiger partial charge in [0.05, 0.1) is 5.75 Å². The van der Waals surface area contributed by atoms with Crippen molar-refractivity contribution in [1.82, 2.24) is 19.8 Å². The Kier molecular flexibility index (Phi) is 6.47. The van der Waals surface area contributed by atoms with Crippen molar-refractivity contribution in [3.05, 3.63) is 0 Å². The largest absolute Gasteiger partial charge is 0.355 e. The lowest BCUT2D eigenvalue weighted by molar-refractivity contribution is 0.0959. The Morgan fingerprint density at radius 1 is 1.07 bits per heavy atom. The highest BCUT2D eigenvalue weighted by Crippen LogP contribution is 2.46. The lowest BCUT2D eigenvalue weighted by Gasteiger charge is -2.41. The van der Waals surface area contributed by atoms with Crippen molar-refractivity contribution in [2.75, 3.05) is 52.1 Å². The van der Waals surface area contributed by atoms with Crippen LogP contribution in [-0.4, -0.2) is 82.3 Å². The predicted molar refractivity (Wildman–Crippen MR) is 113 cm³/mol. The van der Waals surface area contributed by atoms with Gasteiger partial charge < -0.3 is 10.2 Å². The van der Waals surface area contributed by atoms with E-state index in [4.69, 9.17) is 0 Å². The van der Waals surface area contributed by atoms with Crippen molar-refractivity contribution < 1.29 is 8.42 Å². The maximum atomic E-state index is 12.2. The molecule has 1 aliphatic heterocycles. The van der Waals surface area contributed by atoms with Crippen LogP contribution in [0.2, 0.25) is 0 Å². The molecule has 4 aliphatic rings. The highest BCUT2D eigenvalue weighted by atomic mass is 32.2. The summed E-state index contributed by atoms with van der Waals surface area (Å²) in [5, 5.41) is 3.26. The maximum absolute atomic E-state index is 12.2. The van der Waals surface area contributed by atoms with Gasteiger partial charge in [0.1, 0.15) is 0 Å². The third-order valence-electron chi connectivity index (χ3n) is 7.47. The number of fused-ring (bicyclic) bond motifs is 2. The molecule has 1 saturated heterocycles. The molecule has 4 rings (SSSR count). The second kappa shape index (κ2) is 8.88. The smallest absolute Gasteiger partial charge is 0.213 e. The molecule has 0 aromatic heterocycles. The van der Waals surface area contributed by atoms with Crippen molar-refractivity contribution in [3.63, 3.8) is 0 Å². The van der Waals surface area contributed by atoms with Crippen molar-refractivity contribution in [2.45, 2.75) is 51.0 Å². The Morgan fingerprint density at radius 3 is 2.43 bits per heavy atom. The number of rotatable bonds is 7. The van der Waals surface area contributed by atoms with E-state index in [0.29, 0.717) is 19.0 Å². The molecule has 3 unspecified atom stereocenters. The molecule has 4 fully saturated rings. The molecule has 0 aromatic carbocycles. The zero-order chi connectivity index (χ0) is 19.6. The summed E-state index contributed by atoms with van der Waals surface area (Å²) < 4.78 is 27.1. The summed E-state index contributed by atoms with van der Waals surface area (Å²) in [6.07, 6.45) is 9.29. The minimum absolute atomic E-state index is 0.101. The Morgan fingerprint density at radius 2 is 1.86 bits per heavy atom. The first-order valence-electron chi connectivity index (χ1n) is 11.2. The van der Waals surface area contributed by atoms with Crippen molar-refractivity contribution in [2.24, 2.45) is 22.7 Å².